The van der Waals surface area contributed by atoms with Crippen molar-refractivity contribution in [2.75, 3.05) is 6.54 Å². The number of aryl methyl sites for hydroxylation is 1. The van der Waals surface area contributed by atoms with E-state index in [1.807, 2.05) is 13.8 Å². The molecular weight excluding hydrogens is 290 g/mol. The van der Waals surface area contributed by atoms with Gasteiger partial charge < -0.3 is 9.73 Å². The third kappa shape index (κ3) is 4.13. The summed E-state index contributed by atoms with van der Waals surface area (Å²) in [5.74, 6) is 0.595. The van der Waals surface area contributed by atoms with Gasteiger partial charge in [0.1, 0.15) is 5.76 Å². The van der Waals surface area contributed by atoms with E-state index in [2.05, 4.69) is 15.0 Å². The first-order valence-corrected chi connectivity index (χ1v) is 8.20. The van der Waals surface area contributed by atoms with Crippen LogP contribution in [0.15, 0.2) is 40.1 Å². The summed E-state index contributed by atoms with van der Waals surface area (Å²) < 4.78 is 32.2. The molecule has 0 saturated carbocycles. The van der Waals surface area contributed by atoms with Crippen molar-refractivity contribution in [1.29, 1.82) is 0 Å². The molecule has 0 unspecified atom stereocenters. The van der Waals surface area contributed by atoms with Crippen LogP contribution in [0.5, 0.6) is 0 Å². The molecule has 0 bridgehead atoms. The lowest BCUT2D eigenvalue weighted by Crippen LogP contribution is -2.23. The monoisotopic (exact) mass is 309 g/mol. The molecule has 21 heavy (non-hydrogen) atoms. The Bertz CT molecular complexity index is 695. The van der Waals surface area contributed by atoms with E-state index in [9.17, 15) is 8.42 Å². The maximum atomic E-state index is 12.2. The van der Waals surface area contributed by atoms with E-state index < -0.39 is 10.0 Å². The largest absolute Gasteiger partial charge is 0.447 e. The van der Waals surface area contributed by atoms with E-state index in [4.69, 9.17) is 4.42 Å². The fourth-order valence-electron chi connectivity index (χ4n) is 1.79. The van der Waals surface area contributed by atoms with E-state index in [1.165, 1.54) is 6.07 Å². The summed E-state index contributed by atoms with van der Waals surface area (Å²) in [5.41, 5.74) is 1.82. The maximum Gasteiger partial charge on any atom is 0.274 e. The maximum absolute atomic E-state index is 12.2. The van der Waals surface area contributed by atoms with Gasteiger partial charge >= 0.3 is 0 Å². The van der Waals surface area contributed by atoms with E-state index in [1.54, 1.807) is 24.5 Å². The summed E-state index contributed by atoms with van der Waals surface area (Å²) in [6, 6.07) is 4.92. The van der Waals surface area contributed by atoms with Gasteiger partial charge in [-0.2, -0.15) is 0 Å². The first-order chi connectivity index (χ1) is 10.0. The number of nitrogens with one attached hydrogen (secondary N) is 2. The molecule has 2 N–H and O–H groups in total. The van der Waals surface area contributed by atoms with E-state index in [0.29, 0.717) is 12.3 Å². The second kappa shape index (κ2) is 6.84. The van der Waals surface area contributed by atoms with Crippen LogP contribution < -0.4 is 10.0 Å². The summed E-state index contributed by atoms with van der Waals surface area (Å²) in [4.78, 5) is 3.98. The highest BCUT2D eigenvalue weighted by Gasteiger charge is 2.18. The molecule has 114 valence electrons. The Labute approximate surface area is 124 Å². The van der Waals surface area contributed by atoms with Gasteiger partial charge in [-0.05, 0) is 42.8 Å². The average molecular weight is 309 g/mol. The summed E-state index contributed by atoms with van der Waals surface area (Å²) in [6.07, 6.45) is 3.34. The zero-order valence-corrected chi connectivity index (χ0v) is 12.9. The normalized spacial score (nSPS) is 11.7. The smallest absolute Gasteiger partial charge is 0.274 e. The Morgan fingerprint density at radius 2 is 2.05 bits per heavy atom. The predicted molar refractivity (Wildman–Crippen MR) is 79.1 cm³/mol. The second-order valence-electron chi connectivity index (χ2n) is 4.63. The number of rotatable bonds is 7. The fourth-order valence-corrected chi connectivity index (χ4v) is 2.74. The first kappa shape index (κ1) is 15.7. The average Bonchev–Trinajstić information content (AvgIpc) is 2.94. The summed E-state index contributed by atoms with van der Waals surface area (Å²) in [6.45, 7) is 5.37. The molecule has 6 nitrogen and oxygen atoms in total. The molecule has 7 heteroatoms. The minimum Gasteiger partial charge on any atom is -0.447 e. The quantitative estimate of drug-likeness (QED) is 0.811. The van der Waals surface area contributed by atoms with E-state index in [-0.39, 0.29) is 11.6 Å². The van der Waals surface area contributed by atoms with Gasteiger partial charge in [0.2, 0.25) is 5.09 Å². The molecular formula is C14H19N3O3S. The van der Waals surface area contributed by atoms with E-state index >= 15 is 0 Å². The third-order valence-electron chi connectivity index (χ3n) is 3.04. The van der Waals surface area contributed by atoms with Gasteiger partial charge in [-0.25, -0.2) is 13.1 Å². The summed E-state index contributed by atoms with van der Waals surface area (Å²) in [5, 5.41) is 3.01. The predicted octanol–water partition coefficient (Wildman–Crippen LogP) is 1.57. The van der Waals surface area contributed by atoms with Crippen molar-refractivity contribution in [2.24, 2.45) is 0 Å². The minimum absolute atomic E-state index is 0.0675. The van der Waals surface area contributed by atoms with Crippen LogP contribution in [0.4, 0.5) is 0 Å². The number of sulfonamides is 1. The Morgan fingerprint density at radius 1 is 1.24 bits per heavy atom. The molecule has 0 aromatic carbocycles. The lowest BCUT2D eigenvalue weighted by Gasteiger charge is -2.06. The minimum atomic E-state index is -3.64. The van der Waals surface area contributed by atoms with Gasteiger partial charge in [0, 0.05) is 18.9 Å². The number of hydrogen-bond donors (Lipinski definition) is 2. The second-order valence-corrected chi connectivity index (χ2v) is 6.33. The topological polar surface area (TPSA) is 84.2 Å². The third-order valence-corrected chi connectivity index (χ3v) is 4.31. The van der Waals surface area contributed by atoms with Gasteiger partial charge in [0.25, 0.3) is 10.0 Å². The highest BCUT2D eigenvalue weighted by atomic mass is 32.2. The highest BCUT2D eigenvalue weighted by Crippen LogP contribution is 2.14. The van der Waals surface area contributed by atoms with Crippen molar-refractivity contribution in [3.63, 3.8) is 0 Å². The number of nitrogens with zero attached hydrogens (tertiary/aromatic N) is 1. The van der Waals surface area contributed by atoms with Gasteiger partial charge in [-0.15, -0.1) is 0 Å². The Kier molecular flexibility index (Phi) is 5.11. The Morgan fingerprint density at radius 3 is 2.76 bits per heavy atom. The first-order valence-electron chi connectivity index (χ1n) is 6.71. The fraction of sp³-hybridized carbons (Fsp3) is 0.357. The zero-order chi connectivity index (χ0) is 15.3. The molecule has 0 spiro atoms. The molecule has 0 atom stereocenters. The van der Waals surface area contributed by atoms with Crippen LogP contribution in [0.1, 0.15) is 23.8 Å². The van der Waals surface area contributed by atoms with Gasteiger partial charge in [-0.3, -0.25) is 4.98 Å². The van der Waals surface area contributed by atoms with Gasteiger partial charge in [0.05, 0.1) is 6.54 Å². The standard InChI is InChI=1S/C14H19N3O3S/c1-3-15-10-13-4-5-14(20-13)21(18,19)17-9-12-6-7-16-8-11(12)2/h4-8,15,17H,3,9-10H2,1-2H3. The zero-order valence-electron chi connectivity index (χ0n) is 12.1. The van der Waals surface area contributed by atoms with Crippen LogP contribution in [0.2, 0.25) is 0 Å². The molecule has 0 aliphatic carbocycles. The molecule has 0 saturated heterocycles. The van der Waals surface area contributed by atoms with Crippen LogP contribution in [0.3, 0.4) is 0 Å². The van der Waals surface area contributed by atoms with Crippen LogP contribution in [-0.2, 0) is 23.1 Å². The van der Waals surface area contributed by atoms with Crippen LogP contribution in [0, 0.1) is 6.92 Å². The number of aromatic nitrogens is 1. The molecule has 2 aromatic rings. The highest BCUT2D eigenvalue weighted by molar-refractivity contribution is 7.89. The SMILES string of the molecule is CCNCc1ccc(S(=O)(=O)NCc2ccncc2C)o1. The molecule has 0 aliphatic rings. The molecule has 0 radical (unpaired) electrons. The number of hydrogen-bond acceptors (Lipinski definition) is 5. The van der Waals surface area contributed by atoms with Crippen molar-refractivity contribution >= 4 is 10.0 Å². The molecule has 0 fully saturated rings. The Hall–Kier alpha value is -1.70. The van der Waals surface area contributed by atoms with Crippen LogP contribution in [0.25, 0.3) is 0 Å². The van der Waals surface area contributed by atoms with Crippen LogP contribution in [-0.4, -0.2) is 19.9 Å². The Balaban J connectivity index is 2.05. The summed E-state index contributed by atoms with van der Waals surface area (Å²) in [7, 11) is -3.64. The van der Waals surface area contributed by atoms with E-state index in [0.717, 1.165) is 17.7 Å². The molecule has 0 amide bonds. The lowest BCUT2D eigenvalue weighted by atomic mass is 10.2. The summed E-state index contributed by atoms with van der Waals surface area (Å²) >= 11 is 0. The van der Waals surface area contributed by atoms with Crippen LogP contribution >= 0.6 is 0 Å². The van der Waals surface area contributed by atoms with Gasteiger partial charge in [0.15, 0.2) is 0 Å². The van der Waals surface area contributed by atoms with Crippen molar-refractivity contribution in [3.8, 4) is 0 Å². The van der Waals surface area contributed by atoms with Crippen molar-refractivity contribution in [1.82, 2.24) is 15.0 Å². The molecule has 2 heterocycles. The molecule has 2 rings (SSSR count). The lowest BCUT2D eigenvalue weighted by molar-refractivity contribution is 0.401. The van der Waals surface area contributed by atoms with Gasteiger partial charge in [-0.1, -0.05) is 6.92 Å². The molecule has 0 aliphatic heterocycles. The molecule has 2 aromatic heterocycles. The number of furan rings is 1. The van der Waals surface area contributed by atoms with Crippen molar-refractivity contribution in [2.45, 2.75) is 32.0 Å². The van der Waals surface area contributed by atoms with Crippen molar-refractivity contribution in [3.05, 3.63) is 47.5 Å². The number of pyridine rings is 1. The van der Waals surface area contributed by atoms with Crippen molar-refractivity contribution < 1.29 is 12.8 Å².